The molecule has 0 radical (unpaired) electrons. The van der Waals surface area contributed by atoms with E-state index in [4.69, 9.17) is 10.5 Å². The van der Waals surface area contributed by atoms with Crippen LogP contribution < -0.4 is 10.5 Å². The van der Waals surface area contributed by atoms with Gasteiger partial charge in [-0.15, -0.1) is 0 Å². The number of aryl methyl sites for hydroxylation is 1. The SMILES string of the molecule is CCOc1c(C=CC(=O)c2ccc(N)cc2)cc(CC)c(O)c1CC. The normalized spacial score (nSPS) is 11.0. The second-order valence-electron chi connectivity index (χ2n) is 5.74. The summed E-state index contributed by atoms with van der Waals surface area (Å²) in [5.74, 6) is 0.822. The lowest BCUT2D eigenvalue weighted by atomic mass is 9.98. The van der Waals surface area contributed by atoms with Gasteiger partial charge < -0.3 is 15.6 Å². The summed E-state index contributed by atoms with van der Waals surface area (Å²) < 4.78 is 5.75. The number of rotatable bonds is 7. The van der Waals surface area contributed by atoms with E-state index in [-0.39, 0.29) is 11.5 Å². The minimum absolute atomic E-state index is 0.105. The Bertz CT molecular complexity index is 777. The van der Waals surface area contributed by atoms with Gasteiger partial charge in [-0.2, -0.15) is 0 Å². The van der Waals surface area contributed by atoms with Crippen molar-refractivity contribution in [2.75, 3.05) is 12.3 Å². The Kier molecular flexibility index (Phi) is 6.23. The summed E-state index contributed by atoms with van der Waals surface area (Å²) in [6, 6.07) is 8.70. The average molecular weight is 339 g/mol. The Hall–Kier alpha value is -2.75. The number of carbonyl (C=O) groups is 1. The van der Waals surface area contributed by atoms with Gasteiger partial charge in [0.25, 0.3) is 0 Å². The maximum Gasteiger partial charge on any atom is 0.185 e. The quantitative estimate of drug-likeness (QED) is 0.446. The molecule has 25 heavy (non-hydrogen) atoms. The first-order valence-corrected chi connectivity index (χ1v) is 8.60. The van der Waals surface area contributed by atoms with Crippen LogP contribution in [0.5, 0.6) is 11.5 Å². The van der Waals surface area contributed by atoms with E-state index in [1.165, 1.54) is 6.08 Å². The van der Waals surface area contributed by atoms with Gasteiger partial charge in [0.15, 0.2) is 5.78 Å². The molecule has 3 N–H and O–H groups in total. The number of ketones is 1. The van der Waals surface area contributed by atoms with Gasteiger partial charge in [-0.05, 0) is 67.8 Å². The van der Waals surface area contributed by atoms with E-state index in [1.807, 2.05) is 26.8 Å². The number of benzene rings is 2. The van der Waals surface area contributed by atoms with E-state index in [9.17, 15) is 9.90 Å². The van der Waals surface area contributed by atoms with E-state index in [0.29, 0.717) is 36.4 Å². The lowest BCUT2D eigenvalue weighted by molar-refractivity contribution is 0.104. The van der Waals surface area contributed by atoms with E-state index in [1.54, 1.807) is 30.3 Å². The monoisotopic (exact) mass is 339 g/mol. The highest BCUT2D eigenvalue weighted by Gasteiger charge is 2.16. The van der Waals surface area contributed by atoms with Crippen molar-refractivity contribution in [1.29, 1.82) is 0 Å². The number of hydrogen-bond acceptors (Lipinski definition) is 4. The van der Waals surface area contributed by atoms with Crippen LogP contribution in [0.1, 0.15) is 47.8 Å². The van der Waals surface area contributed by atoms with Crippen LogP contribution >= 0.6 is 0 Å². The topological polar surface area (TPSA) is 72.5 Å². The minimum Gasteiger partial charge on any atom is -0.507 e. The van der Waals surface area contributed by atoms with Crippen molar-refractivity contribution in [3.63, 3.8) is 0 Å². The molecule has 0 heterocycles. The number of phenols is 1. The summed E-state index contributed by atoms with van der Waals surface area (Å²) in [7, 11) is 0. The van der Waals surface area contributed by atoms with Gasteiger partial charge in [0.2, 0.25) is 0 Å². The number of anilines is 1. The van der Waals surface area contributed by atoms with E-state index < -0.39 is 0 Å². The van der Waals surface area contributed by atoms with Crippen LogP contribution in [0.2, 0.25) is 0 Å². The maximum absolute atomic E-state index is 12.4. The zero-order chi connectivity index (χ0) is 18.4. The van der Waals surface area contributed by atoms with Crippen LogP contribution in [0.3, 0.4) is 0 Å². The molecule has 0 aliphatic rings. The van der Waals surface area contributed by atoms with Crippen LogP contribution in [0, 0.1) is 0 Å². The summed E-state index contributed by atoms with van der Waals surface area (Å²) in [6.07, 6.45) is 4.64. The molecule has 0 spiro atoms. The molecular weight excluding hydrogens is 314 g/mol. The molecule has 0 aromatic heterocycles. The fraction of sp³-hybridized carbons (Fsp3) is 0.286. The number of ether oxygens (including phenoxy) is 1. The van der Waals surface area contributed by atoms with Gasteiger partial charge in [0.1, 0.15) is 11.5 Å². The predicted molar refractivity (Wildman–Crippen MR) is 102 cm³/mol. The Labute approximate surface area is 148 Å². The zero-order valence-electron chi connectivity index (χ0n) is 15.0. The van der Waals surface area contributed by atoms with Crippen molar-refractivity contribution in [1.82, 2.24) is 0 Å². The summed E-state index contributed by atoms with van der Waals surface area (Å²) in [4.78, 5) is 12.4. The highest BCUT2D eigenvalue weighted by atomic mass is 16.5. The maximum atomic E-state index is 12.4. The number of nitrogens with two attached hydrogens (primary N) is 1. The first kappa shape index (κ1) is 18.6. The van der Waals surface area contributed by atoms with Crippen molar-refractivity contribution in [2.45, 2.75) is 33.6 Å². The van der Waals surface area contributed by atoms with Crippen molar-refractivity contribution in [3.8, 4) is 11.5 Å². The molecule has 2 aromatic rings. The van der Waals surface area contributed by atoms with E-state index >= 15 is 0 Å². The molecule has 0 unspecified atom stereocenters. The van der Waals surface area contributed by atoms with Crippen LogP contribution in [-0.4, -0.2) is 17.5 Å². The molecule has 0 bridgehead atoms. The largest absolute Gasteiger partial charge is 0.507 e. The first-order chi connectivity index (χ1) is 12.0. The standard InChI is InChI=1S/C21H25NO3/c1-4-14-13-16(21(25-6-3)18(5-2)20(14)24)9-12-19(23)15-7-10-17(22)11-8-15/h7-13,24H,4-6,22H2,1-3H3. The Morgan fingerprint density at radius 2 is 1.84 bits per heavy atom. The molecule has 2 aromatic carbocycles. The van der Waals surface area contributed by atoms with Crippen molar-refractivity contribution >= 4 is 17.5 Å². The van der Waals surface area contributed by atoms with Crippen LogP contribution in [0.15, 0.2) is 36.4 Å². The lowest BCUT2D eigenvalue weighted by Crippen LogP contribution is -2.02. The molecule has 0 saturated heterocycles. The molecule has 0 aliphatic carbocycles. The third-order valence-corrected chi connectivity index (χ3v) is 4.09. The zero-order valence-corrected chi connectivity index (χ0v) is 15.0. The fourth-order valence-electron chi connectivity index (χ4n) is 2.74. The molecule has 2 rings (SSSR count). The molecule has 0 amide bonds. The Balaban J connectivity index is 2.42. The highest BCUT2D eigenvalue weighted by Crippen LogP contribution is 2.36. The second-order valence-corrected chi connectivity index (χ2v) is 5.74. The third kappa shape index (κ3) is 4.21. The molecule has 0 saturated carbocycles. The summed E-state index contributed by atoms with van der Waals surface area (Å²) in [5, 5.41) is 10.4. The van der Waals surface area contributed by atoms with Crippen LogP contribution in [-0.2, 0) is 12.8 Å². The predicted octanol–water partition coefficient (Wildman–Crippen LogP) is 4.39. The molecule has 4 heteroatoms. The summed E-state index contributed by atoms with van der Waals surface area (Å²) >= 11 is 0. The van der Waals surface area contributed by atoms with Gasteiger partial charge >= 0.3 is 0 Å². The number of nitrogen functional groups attached to an aromatic ring is 1. The highest BCUT2D eigenvalue weighted by molar-refractivity contribution is 6.07. The van der Waals surface area contributed by atoms with Gasteiger partial charge in [0, 0.05) is 22.4 Å². The number of phenolic OH excluding ortho intramolecular Hbond substituents is 1. The Morgan fingerprint density at radius 1 is 1.16 bits per heavy atom. The molecule has 132 valence electrons. The summed E-state index contributed by atoms with van der Waals surface area (Å²) in [5.41, 5.74) is 9.28. The minimum atomic E-state index is -0.105. The van der Waals surface area contributed by atoms with Crippen molar-refractivity contribution in [2.24, 2.45) is 0 Å². The number of carbonyl (C=O) groups excluding carboxylic acids is 1. The number of hydrogen-bond donors (Lipinski definition) is 2. The van der Waals surface area contributed by atoms with Crippen molar-refractivity contribution < 1.29 is 14.6 Å². The van der Waals surface area contributed by atoms with Gasteiger partial charge in [-0.25, -0.2) is 0 Å². The first-order valence-electron chi connectivity index (χ1n) is 8.60. The number of aromatic hydroxyl groups is 1. The van der Waals surface area contributed by atoms with Gasteiger partial charge in [-0.3, -0.25) is 4.79 Å². The van der Waals surface area contributed by atoms with Gasteiger partial charge in [0.05, 0.1) is 6.61 Å². The molecule has 0 atom stereocenters. The molecule has 0 fully saturated rings. The lowest BCUT2D eigenvalue weighted by Gasteiger charge is -2.16. The number of allylic oxidation sites excluding steroid dienone is 1. The smallest absolute Gasteiger partial charge is 0.185 e. The van der Waals surface area contributed by atoms with Crippen LogP contribution in [0.4, 0.5) is 5.69 Å². The molecular formula is C21H25NO3. The van der Waals surface area contributed by atoms with E-state index in [2.05, 4.69) is 0 Å². The van der Waals surface area contributed by atoms with Gasteiger partial charge in [-0.1, -0.05) is 13.8 Å². The Morgan fingerprint density at radius 3 is 2.40 bits per heavy atom. The third-order valence-electron chi connectivity index (χ3n) is 4.09. The molecule has 4 nitrogen and oxygen atoms in total. The van der Waals surface area contributed by atoms with E-state index in [0.717, 1.165) is 16.7 Å². The fourth-order valence-corrected chi connectivity index (χ4v) is 2.74. The van der Waals surface area contributed by atoms with Crippen molar-refractivity contribution in [3.05, 3.63) is 58.7 Å². The summed E-state index contributed by atoms with van der Waals surface area (Å²) in [6.45, 7) is 6.35. The van der Waals surface area contributed by atoms with Crippen LogP contribution in [0.25, 0.3) is 6.08 Å². The molecule has 0 aliphatic heterocycles. The average Bonchev–Trinajstić information content (AvgIpc) is 2.62. The second kappa shape index (κ2) is 8.38.